The topological polar surface area (TPSA) is 33.1 Å². The van der Waals surface area contributed by atoms with Crippen LogP contribution in [0.4, 0.5) is 0 Å². The molecule has 0 saturated carbocycles. The first-order valence-electron chi connectivity index (χ1n) is 3.71. The van der Waals surface area contributed by atoms with E-state index in [2.05, 4.69) is 20.9 Å². The van der Waals surface area contributed by atoms with Gasteiger partial charge in [-0.15, -0.1) is 0 Å². The molecule has 64 valence electrons. The smallest absolute Gasteiger partial charge is 0.0465 e. The van der Waals surface area contributed by atoms with Crippen molar-refractivity contribution >= 4 is 22.0 Å². The number of nitrogens with zero attached hydrogens (tertiary/aromatic N) is 1. The monoisotopic (exact) mass is 227 g/mol. The zero-order valence-electron chi connectivity index (χ0n) is 6.57. The zero-order chi connectivity index (χ0) is 8.81. The molecule has 0 fully saturated rings. The molecule has 0 radical (unpaired) electrons. The van der Waals surface area contributed by atoms with Crippen LogP contribution in [0.15, 0.2) is 29.0 Å². The molecule has 0 saturated heterocycles. The third-order valence-electron chi connectivity index (χ3n) is 1.33. The van der Waals surface area contributed by atoms with Crippen LogP contribution in [0.5, 0.6) is 0 Å². The van der Waals surface area contributed by atoms with Gasteiger partial charge in [0.15, 0.2) is 0 Å². The summed E-state index contributed by atoms with van der Waals surface area (Å²) in [5.74, 6) is 0. The fourth-order valence-electron chi connectivity index (χ4n) is 0.813. The van der Waals surface area contributed by atoms with Crippen LogP contribution < -0.4 is 0 Å². The Balaban J connectivity index is 2.63. The van der Waals surface area contributed by atoms with Crippen LogP contribution in [0, 0.1) is 0 Å². The number of hydrogen-bond donors (Lipinski definition) is 1. The summed E-state index contributed by atoms with van der Waals surface area (Å²) in [5, 5.41) is 8.52. The van der Waals surface area contributed by atoms with Crippen molar-refractivity contribution in [2.24, 2.45) is 0 Å². The van der Waals surface area contributed by atoms with Crippen LogP contribution >= 0.6 is 15.9 Å². The van der Waals surface area contributed by atoms with Crippen molar-refractivity contribution in [3.05, 3.63) is 34.6 Å². The standard InChI is InChI=1S/C9H10BrNO/c10-9-5-8(6-11-7-9)3-1-2-4-12/h1,3,5-7,12H,2,4H2. The molecule has 0 amide bonds. The van der Waals surface area contributed by atoms with Gasteiger partial charge in [0.1, 0.15) is 0 Å². The van der Waals surface area contributed by atoms with Crippen LogP contribution in [-0.4, -0.2) is 16.7 Å². The molecule has 0 aliphatic rings. The number of halogens is 1. The van der Waals surface area contributed by atoms with Crippen LogP contribution in [0.25, 0.3) is 6.08 Å². The maximum atomic E-state index is 8.52. The van der Waals surface area contributed by atoms with Crippen molar-refractivity contribution in [3.8, 4) is 0 Å². The predicted octanol–water partition coefficient (Wildman–Crippen LogP) is 2.24. The van der Waals surface area contributed by atoms with E-state index in [4.69, 9.17) is 5.11 Å². The van der Waals surface area contributed by atoms with Crippen molar-refractivity contribution in [3.63, 3.8) is 0 Å². The van der Waals surface area contributed by atoms with Gasteiger partial charge in [-0.2, -0.15) is 0 Å². The van der Waals surface area contributed by atoms with Gasteiger partial charge in [-0.05, 0) is 34.0 Å². The second kappa shape index (κ2) is 5.06. The highest BCUT2D eigenvalue weighted by atomic mass is 79.9. The lowest BCUT2D eigenvalue weighted by molar-refractivity contribution is 0.303. The second-order valence-electron chi connectivity index (χ2n) is 2.35. The van der Waals surface area contributed by atoms with E-state index in [9.17, 15) is 0 Å². The van der Waals surface area contributed by atoms with Gasteiger partial charge in [0.05, 0.1) is 0 Å². The van der Waals surface area contributed by atoms with Gasteiger partial charge >= 0.3 is 0 Å². The van der Waals surface area contributed by atoms with Crippen molar-refractivity contribution in [1.29, 1.82) is 0 Å². The van der Waals surface area contributed by atoms with Crippen molar-refractivity contribution < 1.29 is 5.11 Å². The van der Waals surface area contributed by atoms with E-state index in [0.717, 1.165) is 10.0 Å². The van der Waals surface area contributed by atoms with E-state index >= 15 is 0 Å². The van der Waals surface area contributed by atoms with Gasteiger partial charge in [-0.25, -0.2) is 0 Å². The molecule has 1 heterocycles. The van der Waals surface area contributed by atoms with Gasteiger partial charge in [0, 0.05) is 23.5 Å². The molecule has 1 rings (SSSR count). The lowest BCUT2D eigenvalue weighted by Crippen LogP contribution is -1.78. The van der Waals surface area contributed by atoms with E-state index in [1.807, 2.05) is 18.2 Å². The van der Waals surface area contributed by atoms with Crippen molar-refractivity contribution in [2.45, 2.75) is 6.42 Å². The summed E-state index contributed by atoms with van der Waals surface area (Å²) >= 11 is 3.33. The van der Waals surface area contributed by atoms with Gasteiger partial charge in [0.2, 0.25) is 0 Å². The van der Waals surface area contributed by atoms with Crippen LogP contribution in [0.1, 0.15) is 12.0 Å². The number of aliphatic hydroxyl groups is 1. The average molecular weight is 228 g/mol. The summed E-state index contributed by atoms with van der Waals surface area (Å²) in [6.07, 6.45) is 8.06. The average Bonchev–Trinajstić information content (AvgIpc) is 2.05. The highest BCUT2D eigenvalue weighted by Crippen LogP contribution is 2.10. The molecular formula is C9H10BrNO. The molecule has 0 aromatic carbocycles. The zero-order valence-corrected chi connectivity index (χ0v) is 8.16. The first-order valence-corrected chi connectivity index (χ1v) is 4.50. The Bertz CT molecular complexity index is 273. The highest BCUT2D eigenvalue weighted by Gasteiger charge is 1.88. The summed E-state index contributed by atoms with van der Waals surface area (Å²) in [4.78, 5) is 4.00. The molecule has 12 heavy (non-hydrogen) atoms. The van der Waals surface area contributed by atoms with Crippen molar-refractivity contribution in [1.82, 2.24) is 4.98 Å². The van der Waals surface area contributed by atoms with E-state index in [0.29, 0.717) is 6.42 Å². The summed E-state index contributed by atoms with van der Waals surface area (Å²) in [6.45, 7) is 0.192. The van der Waals surface area contributed by atoms with Crippen LogP contribution in [-0.2, 0) is 0 Å². The second-order valence-corrected chi connectivity index (χ2v) is 3.27. The molecule has 0 atom stereocenters. The minimum absolute atomic E-state index is 0.192. The Morgan fingerprint density at radius 3 is 3.00 bits per heavy atom. The van der Waals surface area contributed by atoms with Gasteiger partial charge in [0.25, 0.3) is 0 Å². The predicted molar refractivity (Wildman–Crippen MR) is 52.7 cm³/mol. The van der Waals surface area contributed by atoms with E-state index in [1.165, 1.54) is 0 Å². The molecule has 0 aliphatic heterocycles. The van der Waals surface area contributed by atoms with Gasteiger partial charge < -0.3 is 5.11 Å². The summed E-state index contributed by atoms with van der Waals surface area (Å²) in [5.41, 5.74) is 1.04. The Labute approximate surface area is 80.1 Å². The lowest BCUT2D eigenvalue weighted by atomic mass is 10.2. The van der Waals surface area contributed by atoms with Gasteiger partial charge in [-0.3, -0.25) is 4.98 Å². The molecule has 0 aliphatic carbocycles. The molecular weight excluding hydrogens is 218 g/mol. The van der Waals surface area contributed by atoms with E-state index in [-0.39, 0.29) is 6.61 Å². The fourth-order valence-corrected chi connectivity index (χ4v) is 1.20. The Hall–Kier alpha value is -0.670. The summed E-state index contributed by atoms with van der Waals surface area (Å²) in [7, 11) is 0. The molecule has 3 heteroatoms. The maximum absolute atomic E-state index is 8.52. The number of aromatic nitrogens is 1. The number of pyridine rings is 1. The molecule has 1 aromatic rings. The third-order valence-corrected chi connectivity index (χ3v) is 1.77. The largest absolute Gasteiger partial charge is 0.396 e. The molecule has 0 spiro atoms. The quantitative estimate of drug-likeness (QED) is 0.860. The first kappa shape index (κ1) is 9.42. The maximum Gasteiger partial charge on any atom is 0.0465 e. The molecule has 0 bridgehead atoms. The number of aliphatic hydroxyl groups excluding tert-OH is 1. The highest BCUT2D eigenvalue weighted by molar-refractivity contribution is 9.10. The number of rotatable bonds is 3. The lowest BCUT2D eigenvalue weighted by Gasteiger charge is -1.92. The normalized spacial score (nSPS) is 10.8. The SMILES string of the molecule is OCCC=Cc1cncc(Br)c1. The van der Waals surface area contributed by atoms with Crippen LogP contribution in [0.2, 0.25) is 0 Å². The summed E-state index contributed by atoms with van der Waals surface area (Å²) in [6, 6.07) is 1.97. The van der Waals surface area contributed by atoms with Gasteiger partial charge in [-0.1, -0.05) is 12.2 Å². The van der Waals surface area contributed by atoms with Crippen molar-refractivity contribution in [2.75, 3.05) is 6.61 Å². The van der Waals surface area contributed by atoms with E-state index in [1.54, 1.807) is 12.4 Å². The molecule has 1 aromatic heterocycles. The number of hydrogen-bond acceptors (Lipinski definition) is 2. The molecule has 1 N–H and O–H groups in total. The Morgan fingerprint density at radius 2 is 2.33 bits per heavy atom. The minimum Gasteiger partial charge on any atom is -0.396 e. The first-order chi connectivity index (χ1) is 5.83. The Morgan fingerprint density at radius 1 is 1.50 bits per heavy atom. The fraction of sp³-hybridized carbons (Fsp3) is 0.222. The van der Waals surface area contributed by atoms with E-state index < -0.39 is 0 Å². The Kier molecular flexibility index (Phi) is 3.97. The third kappa shape index (κ3) is 3.15. The minimum atomic E-state index is 0.192. The van der Waals surface area contributed by atoms with Crippen LogP contribution in [0.3, 0.4) is 0 Å². The molecule has 0 unspecified atom stereocenters. The molecule has 2 nitrogen and oxygen atoms in total. The summed E-state index contributed by atoms with van der Waals surface area (Å²) < 4.78 is 0.966.